The standard InChI is InChI=1S/C18H25NO2/c1-12(2)14(4)7-5-13(3)6-8-15-11-16(18(20)21)9-10-17(15)19/h6,9-11H,5,7-8,19H2,1-4H3,(H,20,21). The van der Waals surface area contributed by atoms with E-state index in [-0.39, 0.29) is 5.56 Å². The van der Waals surface area contributed by atoms with Crippen molar-refractivity contribution in [2.45, 2.75) is 47.0 Å². The van der Waals surface area contributed by atoms with E-state index in [0.29, 0.717) is 12.1 Å². The Morgan fingerprint density at radius 1 is 1.19 bits per heavy atom. The van der Waals surface area contributed by atoms with Gasteiger partial charge in [-0.25, -0.2) is 4.79 Å². The van der Waals surface area contributed by atoms with Crippen molar-refractivity contribution < 1.29 is 9.90 Å². The lowest BCUT2D eigenvalue weighted by atomic mass is 10.0. The number of rotatable bonds is 6. The first-order valence-corrected chi connectivity index (χ1v) is 7.21. The van der Waals surface area contributed by atoms with E-state index >= 15 is 0 Å². The lowest BCUT2D eigenvalue weighted by molar-refractivity contribution is 0.0697. The van der Waals surface area contributed by atoms with Gasteiger partial charge in [0.25, 0.3) is 0 Å². The maximum atomic E-state index is 11.0. The van der Waals surface area contributed by atoms with Gasteiger partial charge in [-0.05, 0) is 70.7 Å². The SMILES string of the molecule is CC(=CCc1cc(C(=O)O)ccc1N)CCC(C)=C(C)C. The third-order valence-electron chi connectivity index (χ3n) is 3.81. The maximum Gasteiger partial charge on any atom is 0.335 e. The first-order chi connectivity index (χ1) is 9.81. The summed E-state index contributed by atoms with van der Waals surface area (Å²) in [5, 5.41) is 9.01. The molecule has 0 saturated carbocycles. The molecular formula is C18H25NO2. The molecule has 0 heterocycles. The van der Waals surface area contributed by atoms with Gasteiger partial charge in [-0.3, -0.25) is 0 Å². The van der Waals surface area contributed by atoms with Crippen molar-refractivity contribution >= 4 is 11.7 Å². The molecule has 0 aliphatic carbocycles. The second kappa shape index (κ2) is 7.67. The van der Waals surface area contributed by atoms with Crippen molar-refractivity contribution in [3.63, 3.8) is 0 Å². The highest BCUT2D eigenvalue weighted by Crippen LogP contribution is 2.18. The van der Waals surface area contributed by atoms with Crippen LogP contribution >= 0.6 is 0 Å². The Morgan fingerprint density at radius 3 is 2.43 bits per heavy atom. The van der Waals surface area contributed by atoms with E-state index in [2.05, 4.69) is 33.8 Å². The second-order valence-corrected chi connectivity index (χ2v) is 5.75. The Kier molecular flexibility index (Phi) is 6.22. The van der Waals surface area contributed by atoms with E-state index in [1.54, 1.807) is 12.1 Å². The highest BCUT2D eigenvalue weighted by Gasteiger charge is 2.06. The zero-order valence-corrected chi connectivity index (χ0v) is 13.4. The minimum Gasteiger partial charge on any atom is -0.478 e. The molecule has 0 spiro atoms. The van der Waals surface area contributed by atoms with Gasteiger partial charge in [0, 0.05) is 5.69 Å². The van der Waals surface area contributed by atoms with E-state index < -0.39 is 5.97 Å². The predicted molar refractivity (Wildman–Crippen MR) is 88.6 cm³/mol. The Bertz CT molecular complexity index is 579. The molecule has 0 atom stereocenters. The number of aromatic carboxylic acids is 1. The fraction of sp³-hybridized carbons (Fsp3) is 0.389. The predicted octanol–water partition coefficient (Wildman–Crippen LogP) is 4.59. The van der Waals surface area contributed by atoms with Crippen LogP contribution in [0, 0.1) is 0 Å². The Hall–Kier alpha value is -2.03. The molecule has 3 heteroatoms. The van der Waals surface area contributed by atoms with Crippen molar-refractivity contribution in [3.05, 3.63) is 52.1 Å². The van der Waals surface area contributed by atoms with Gasteiger partial charge < -0.3 is 10.8 Å². The van der Waals surface area contributed by atoms with Gasteiger partial charge >= 0.3 is 5.97 Å². The second-order valence-electron chi connectivity index (χ2n) is 5.75. The van der Waals surface area contributed by atoms with Crippen LogP contribution in [0.5, 0.6) is 0 Å². The summed E-state index contributed by atoms with van der Waals surface area (Å²) in [7, 11) is 0. The number of nitrogens with two attached hydrogens (primary N) is 1. The van der Waals surface area contributed by atoms with Crippen LogP contribution in [-0.4, -0.2) is 11.1 Å². The van der Waals surface area contributed by atoms with Gasteiger partial charge in [0.15, 0.2) is 0 Å². The van der Waals surface area contributed by atoms with E-state index in [0.717, 1.165) is 18.4 Å². The molecular weight excluding hydrogens is 262 g/mol. The highest BCUT2D eigenvalue weighted by molar-refractivity contribution is 5.88. The molecule has 1 aromatic carbocycles. The van der Waals surface area contributed by atoms with E-state index in [4.69, 9.17) is 10.8 Å². The summed E-state index contributed by atoms with van der Waals surface area (Å²) < 4.78 is 0. The molecule has 0 fully saturated rings. The monoisotopic (exact) mass is 287 g/mol. The maximum absolute atomic E-state index is 11.0. The molecule has 1 rings (SSSR count). The molecule has 114 valence electrons. The minimum atomic E-state index is -0.920. The van der Waals surface area contributed by atoms with Crippen molar-refractivity contribution in [2.75, 3.05) is 5.73 Å². The van der Waals surface area contributed by atoms with Crippen LogP contribution < -0.4 is 5.73 Å². The number of benzene rings is 1. The van der Waals surface area contributed by atoms with Gasteiger partial charge in [-0.1, -0.05) is 22.8 Å². The van der Waals surface area contributed by atoms with Crippen molar-refractivity contribution in [2.24, 2.45) is 0 Å². The summed E-state index contributed by atoms with van der Waals surface area (Å²) in [6.45, 7) is 8.53. The molecule has 0 bridgehead atoms. The summed E-state index contributed by atoms with van der Waals surface area (Å²) in [6.07, 6.45) is 4.90. The number of hydrogen-bond donors (Lipinski definition) is 2. The average Bonchev–Trinajstić information content (AvgIpc) is 2.43. The zero-order valence-electron chi connectivity index (χ0n) is 13.4. The lowest BCUT2D eigenvalue weighted by Gasteiger charge is -2.07. The topological polar surface area (TPSA) is 63.3 Å². The average molecular weight is 287 g/mol. The molecule has 3 N–H and O–H groups in total. The van der Waals surface area contributed by atoms with Crippen molar-refractivity contribution in [1.29, 1.82) is 0 Å². The van der Waals surface area contributed by atoms with Crippen LogP contribution in [0.1, 0.15) is 56.5 Å². The van der Waals surface area contributed by atoms with E-state index in [1.165, 1.54) is 22.8 Å². The Morgan fingerprint density at radius 2 is 1.86 bits per heavy atom. The molecule has 0 amide bonds. The van der Waals surface area contributed by atoms with Crippen molar-refractivity contribution in [3.8, 4) is 0 Å². The van der Waals surface area contributed by atoms with Crippen molar-refractivity contribution in [1.82, 2.24) is 0 Å². The molecule has 1 aromatic rings. The normalized spacial score (nSPS) is 11.3. The van der Waals surface area contributed by atoms with Gasteiger partial charge in [0.1, 0.15) is 0 Å². The van der Waals surface area contributed by atoms with Crippen LogP contribution in [0.3, 0.4) is 0 Å². The van der Waals surface area contributed by atoms with E-state index in [1.807, 2.05) is 0 Å². The summed E-state index contributed by atoms with van der Waals surface area (Å²) in [6, 6.07) is 4.86. The Balaban J connectivity index is 2.73. The number of allylic oxidation sites excluding steroid dienone is 4. The fourth-order valence-electron chi connectivity index (χ4n) is 1.94. The molecule has 0 aromatic heterocycles. The number of carboxylic acid groups (broad SMARTS) is 1. The zero-order chi connectivity index (χ0) is 16.0. The summed E-state index contributed by atoms with van der Waals surface area (Å²) in [5.74, 6) is -0.920. The number of nitrogen functional groups attached to an aromatic ring is 1. The molecule has 0 unspecified atom stereocenters. The quantitative estimate of drug-likeness (QED) is 0.594. The van der Waals surface area contributed by atoms with Gasteiger partial charge in [0.2, 0.25) is 0 Å². The van der Waals surface area contributed by atoms with Crippen LogP contribution in [0.2, 0.25) is 0 Å². The smallest absolute Gasteiger partial charge is 0.335 e. The summed E-state index contributed by atoms with van der Waals surface area (Å²) >= 11 is 0. The van der Waals surface area contributed by atoms with E-state index in [9.17, 15) is 4.79 Å². The van der Waals surface area contributed by atoms with Crippen LogP contribution in [-0.2, 0) is 6.42 Å². The largest absolute Gasteiger partial charge is 0.478 e. The van der Waals surface area contributed by atoms with Crippen LogP contribution in [0.4, 0.5) is 5.69 Å². The van der Waals surface area contributed by atoms with Crippen LogP contribution in [0.15, 0.2) is 41.0 Å². The van der Waals surface area contributed by atoms with Crippen LogP contribution in [0.25, 0.3) is 0 Å². The third kappa shape index (κ3) is 5.46. The first kappa shape index (κ1) is 17.0. The number of carboxylic acids is 1. The molecule has 0 saturated heterocycles. The summed E-state index contributed by atoms with van der Waals surface area (Å²) in [4.78, 5) is 11.0. The Labute approximate surface area is 127 Å². The number of carbonyl (C=O) groups is 1. The third-order valence-corrected chi connectivity index (χ3v) is 3.81. The lowest BCUT2D eigenvalue weighted by Crippen LogP contribution is -2.00. The summed E-state index contributed by atoms with van der Waals surface area (Å²) in [5.41, 5.74) is 11.8. The molecule has 0 aliphatic rings. The number of hydrogen-bond acceptors (Lipinski definition) is 2. The molecule has 0 radical (unpaired) electrons. The molecule has 3 nitrogen and oxygen atoms in total. The number of anilines is 1. The van der Waals surface area contributed by atoms with Gasteiger partial charge in [-0.15, -0.1) is 0 Å². The molecule has 21 heavy (non-hydrogen) atoms. The highest BCUT2D eigenvalue weighted by atomic mass is 16.4. The first-order valence-electron chi connectivity index (χ1n) is 7.21. The molecule has 0 aliphatic heterocycles. The van der Waals surface area contributed by atoms with Gasteiger partial charge in [0.05, 0.1) is 5.56 Å². The van der Waals surface area contributed by atoms with Gasteiger partial charge in [-0.2, -0.15) is 0 Å². The minimum absolute atomic E-state index is 0.283. The fourth-order valence-corrected chi connectivity index (χ4v) is 1.94.